The predicted molar refractivity (Wildman–Crippen MR) is 53.4 cm³/mol. The molecule has 2 rings (SSSR count). The molecule has 0 bridgehead atoms. The van der Waals surface area contributed by atoms with Crippen LogP contribution in [0.1, 0.15) is 17.6 Å². The quantitative estimate of drug-likeness (QED) is 0.721. The van der Waals surface area contributed by atoms with Crippen LogP contribution in [0.3, 0.4) is 0 Å². The van der Waals surface area contributed by atoms with Gasteiger partial charge < -0.3 is 20.0 Å². The second kappa shape index (κ2) is 4.71. The third-order valence-electron chi connectivity index (χ3n) is 1.83. The Balaban J connectivity index is 1.79. The van der Waals surface area contributed by atoms with Crippen molar-refractivity contribution in [2.24, 2.45) is 5.73 Å². The Labute approximate surface area is 91.2 Å². The standard InChI is InChI=1S/C8H12N6O2/c1-5-11-6(16-14-5)2-3-10-8-13-12-7(4-9)15-8/h2-4,9H2,1H3,(H,10,13). The molecule has 0 unspecified atom stereocenters. The Morgan fingerprint density at radius 2 is 2.19 bits per heavy atom. The van der Waals surface area contributed by atoms with Gasteiger partial charge in [0.2, 0.25) is 11.8 Å². The van der Waals surface area contributed by atoms with Crippen LogP contribution in [-0.4, -0.2) is 26.9 Å². The zero-order valence-electron chi connectivity index (χ0n) is 8.80. The molecule has 0 aromatic carbocycles. The molecule has 3 N–H and O–H groups in total. The molecule has 0 aliphatic carbocycles. The fourth-order valence-corrected chi connectivity index (χ4v) is 1.13. The maximum absolute atomic E-state index is 5.33. The fraction of sp³-hybridized carbons (Fsp3) is 0.500. The van der Waals surface area contributed by atoms with Crippen LogP contribution < -0.4 is 11.1 Å². The van der Waals surface area contributed by atoms with Gasteiger partial charge in [0.1, 0.15) is 0 Å². The summed E-state index contributed by atoms with van der Waals surface area (Å²) in [4.78, 5) is 4.06. The Bertz CT molecular complexity index is 451. The molecule has 0 fully saturated rings. The van der Waals surface area contributed by atoms with Gasteiger partial charge in [-0.3, -0.25) is 0 Å². The highest BCUT2D eigenvalue weighted by atomic mass is 16.5. The zero-order valence-corrected chi connectivity index (χ0v) is 8.80. The summed E-state index contributed by atoms with van der Waals surface area (Å²) >= 11 is 0. The number of aromatic nitrogens is 4. The maximum Gasteiger partial charge on any atom is 0.315 e. The molecule has 0 aliphatic heterocycles. The molecule has 86 valence electrons. The number of nitrogens with zero attached hydrogens (tertiary/aromatic N) is 4. The van der Waals surface area contributed by atoms with Gasteiger partial charge in [0.05, 0.1) is 6.54 Å². The van der Waals surface area contributed by atoms with Crippen molar-refractivity contribution < 1.29 is 8.94 Å². The molecule has 0 spiro atoms. The largest absolute Gasteiger partial charge is 0.407 e. The van der Waals surface area contributed by atoms with E-state index in [2.05, 4.69) is 25.7 Å². The van der Waals surface area contributed by atoms with Crippen LogP contribution in [0.4, 0.5) is 6.01 Å². The molecular formula is C8H12N6O2. The average Bonchev–Trinajstić information content (AvgIpc) is 2.88. The lowest BCUT2D eigenvalue weighted by Crippen LogP contribution is -2.05. The summed E-state index contributed by atoms with van der Waals surface area (Å²) in [5, 5.41) is 14.1. The van der Waals surface area contributed by atoms with E-state index in [0.717, 1.165) is 0 Å². The summed E-state index contributed by atoms with van der Waals surface area (Å²) < 4.78 is 10.1. The first kappa shape index (κ1) is 10.6. The molecule has 16 heavy (non-hydrogen) atoms. The Morgan fingerprint density at radius 1 is 1.31 bits per heavy atom. The molecule has 0 atom stereocenters. The van der Waals surface area contributed by atoms with Crippen LogP contribution in [-0.2, 0) is 13.0 Å². The molecule has 0 saturated carbocycles. The normalized spacial score (nSPS) is 10.6. The first-order chi connectivity index (χ1) is 7.78. The van der Waals surface area contributed by atoms with Crippen LogP contribution in [0.2, 0.25) is 0 Å². The first-order valence-corrected chi connectivity index (χ1v) is 4.83. The van der Waals surface area contributed by atoms with Gasteiger partial charge in [0.25, 0.3) is 0 Å². The van der Waals surface area contributed by atoms with Gasteiger partial charge in [-0.2, -0.15) is 4.98 Å². The van der Waals surface area contributed by atoms with E-state index in [4.69, 9.17) is 14.7 Å². The van der Waals surface area contributed by atoms with Crippen molar-refractivity contribution in [3.8, 4) is 0 Å². The molecule has 0 aliphatic rings. The van der Waals surface area contributed by atoms with E-state index in [-0.39, 0.29) is 6.54 Å². The van der Waals surface area contributed by atoms with Gasteiger partial charge in [-0.1, -0.05) is 10.3 Å². The van der Waals surface area contributed by atoms with Crippen molar-refractivity contribution in [2.75, 3.05) is 11.9 Å². The van der Waals surface area contributed by atoms with Crippen LogP contribution in [0.5, 0.6) is 0 Å². The number of nitrogens with one attached hydrogen (secondary N) is 1. The van der Waals surface area contributed by atoms with E-state index in [1.165, 1.54) is 0 Å². The maximum atomic E-state index is 5.33. The van der Waals surface area contributed by atoms with Crippen molar-refractivity contribution in [1.29, 1.82) is 0 Å². The van der Waals surface area contributed by atoms with Gasteiger partial charge in [0, 0.05) is 13.0 Å². The first-order valence-electron chi connectivity index (χ1n) is 4.83. The highest BCUT2D eigenvalue weighted by Crippen LogP contribution is 2.04. The summed E-state index contributed by atoms with van der Waals surface area (Å²) in [6, 6.07) is 0.344. The summed E-state index contributed by atoms with van der Waals surface area (Å²) in [5.41, 5.74) is 5.33. The zero-order chi connectivity index (χ0) is 11.4. The van der Waals surface area contributed by atoms with Gasteiger partial charge in [-0.25, -0.2) is 0 Å². The van der Waals surface area contributed by atoms with Crippen molar-refractivity contribution in [1.82, 2.24) is 20.3 Å². The van der Waals surface area contributed by atoms with Crippen molar-refractivity contribution in [3.05, 3.63) is 17.6 Å². The van der Waals surface area contributed by atoms with E-state index >= 15 is 0 Å². The number of hydrogen-bond acceptors (Lipinski definition) is 8. The average molecular weight is 224 g/mol. The van der Waals surface area contributed by atoms with Crippen LogP contribution >= 0.6 is 0 Å². The Morgan fingerprint density at radius 3 is 2.81 bits per heavy atom. The summed E-state index contributed by atoms with van der Waals surface area (Å²) in [6.45, 7) is 2.58. The van der Waals surface area contributed by atoms with Crippen molar-refractivity contribution >= 4 is 6.01 Å². The second-order valence-corrected chi connectivity index (χ2v) is 3.12. The number of anilines is 1. The van der Waals surface area contributed by atoms with Gasteiger partial charge in [0.15, 0.2) is 5.82 Å². The van der Waals surface area contributed by atoms with Gasteiger partial charge in [-0.05, 0) is 6.92 Å². The fourth-order valence-electron chi connectivity index (χ4n) is 1.13. The minimum atomic E-state index is 0.234. The van der Waals surface area contributed by atoms with Gasteiger partial charge >= 0.3 is 6.01 Å². The SMILES string of the molecule is Cc1noc(CCNc2nnc(CN)o2)n1. The van der Waals surface area contributed by atoms with Crippen molar-refractivity contribution in [2.45, 2.75) is 19.9 Å². The van der Waals surface area contributed by atoms with E-state index < -0.39 is 0 Å². The lowest BCUT2D eigenvalue weighted by molar-refractivity contribution is 0.376. The monoisotopic (exact) mass is 224 g/mol. The predicted octanol–water partition coefficient (Wildman–Crippen LogP) is -0.126. The lowest BCUT2D eigenvalue weighted by Gasteiger charge is -1.96. The minimum absolute atomic E-state index is 0.234. The van der Waals surface area contributed by atoms with Crippen LogP contribution in [0, 0.1) is 6.92 Å². The molecule has 2 aromatic rings. The van der Waals surface area contributed by atoms with Crippen molar-refractivity contribution in [3.63, 3.8) is 0 Å². The highest BCUT2D eigenvalue weighted by molar-refractivity contribution is 5.16. The second-order valence-electron chi connectivity index (χ2n) is 3.12. The molecule has 0 amide bonds. The van der Waals surface area contributed by atoms with Gasteiger partial charge in [-0.15, -0.1) is 5.10 Å². The van der Waals surface area contributed by atoms with Crippen LogP contribution in [0.25, 0.3) is 0 Å². The summed E-state index contributed by atoms with van der Waals surface area (Å²) in [6.07, 6.45) is 0.598. The molecule has 0 radical (unpaired) electrons. The minimum Gasteiger partial charge on any atom is -0.407 e. The Kier molecular flexibility index (Phi) is 3.10. The molecule has 2 aromatic heterocycles. The summed E-state index contributed by atoms with van der Waals surface area (Å²) in [5.74, 6) is 1.60. The highest BCUT2D eigenvalue weighted by Gasteiger charge is 2.05. The lowest BCUT2D eigenvalue weighted by atomic mass is 10.4. The third kappa shape index (κ3) is 2.54. The van der Waals surface area contributed by atoms with E-state index in [1.54, 1.807) is 6.92 Å². The number of hydrogen-bond donors (Lipinski definition) is 2. The smallest absolute Gasteiger partial charge is 0.315 e. The topological polar surface area (TPSA) is 116 Å². The summed E-state index contributed by atoms with van der Waals surface area (Å²) in [7, 11) is 0. The Hall–Kier alpha value is -1.96. The molecular weight excluding hydrogens is 212 g/mol. The number of nitrogens with two attached hydrogens (primary N) is 1. The number of rotatable bonds is 5. The molecule has 8 heteroatoms. The van der Waals surface area contributed by atoms with Crippen LogP contribution in [0.15, 0.2) is 8.94 Å². The van der Waals surface area contributed by atoms with E-state index in [1.807, 2.05) is 0 Å². The number of aryl methyl sites for hydroxylation is 1. The molecule has 8 nitrogen and oxygen atoms in total. The van der Waals surface area contributed by atoms with E-state index in [0.29, 0.717) is 36.6 Å². The molecule has 2 heterocycles. The molecule has 0 saturated heterocycles. The third-order valence-corrected chi connectivity index (χ3v) is 1.83. The van der Waals surface area contributed by atoms with E-state index in [9.17, 15) is 0 Å².